The SMILES string of the molecule is COC(=O)CC(C)C(=O)c1ccc2c(c1)CC(N)C2.Cl. The lowest BCUT2D eigenvalue weighted by atomic mass is 9.94. The summed E-state index contributed by atoms with van der Waals surface area (Å²) in [4.78, 5) is 23.4. The van der Waals surface area contributed by atoms with Crippen LogP contribution >= 0.6 is 12.4 Å². The van der Waals surface area contributed by atoms with E-state index >= 15 is 0 Å². The Kier molecular flexibility index (Phi) is 5.72. The monoisotopic (exact) mass is 297 g/mol. The molecule has 0 saturated heterocycles. The molecule has 0 bridgehead atoms. The summed E-state index contributed by atoms with van der Waals surface area (Å²) < 4.78 is 4.59. The highest BCUT2D eigenvalue weighted by atomic mass is 35.5. The van der Waals surface area contributed by atoms with Crippen molar-refractivity contribution in [2.75, 3.05) is 7.11 Å². The van der Waals surface area contributed by atoms with Crippen molar-refractivity contribution in [3.63, 3.8) is 0 Å². The first-order chi connectivity index (χ1) is 9.01. The maximum Gasteiger partial charge on any atom is 0.306 e. The van der Waals surface area contributed by atoms with Crippen LogP contribution in [0.15, 0.2) is 18.2 Å². The molecule has 1 aromatic carbocycles. The summed E-state index contributed by atoms with van der Waals surface area (Å²) in [6.45, 7) is 1.75. The van der Waals surface area contributed by atoms with Crippen molar-refractivity contribution in [1.29, 1.82) is 0 Å². The molecule has 5 heteroatoms. The maximum atomic E-state index is 12.2. The number of carbonyl (C=O) groups excluding carboxylic acids is 2. The molecule has 2 atom stereocenters. The number of fused-ring (bicyclic) bond motifs is 1. The van der Waals surface area contributed by atoms with E-state index in [4.69, 9.17) is 5.73 Å². The third-order valence-corrected chi connectivity index (χ3v) is 3.60. The standard InChI is InChI=1S/C15H19NO3.ClH/c1-9(5-14(17)19-2)15(18)11-4-3-10-7-13(16)8-12(10)6-11;/h3-4,6,9,13H,5,7-8,16H2,1-2H3;1H. The summed E-state index contributed by atoms with van der Waals surface area (Å²) in [6, 6.07) is 5.87. The van der Waals surface area contributed by atoms with Crippen molar-refractivity contribution < 1.29 is 14.3 Å². The Balaban J connectivity index is 0.00000200. The molecule has 110 valence electrons. The zero-order valence-electron chi connectivity index (χ0n) is 11.7. The Morgan fingerprint density at radius 3 is 2.65 bits per heavy atom. The Hall–Kier alpha value is -1.39. The van der Waals surface area contributed by atoms with Crippen LogP contribution in [-0.4, -0.2) is 24.9 Å². The zero-order chi connectivity index (χ0) is 14.0. The summed E-state index contributed by atoms with van der Waals surface area (Å²) >= 11 is 0. The third-order valence-electron chi connectivity index (χ3n) is 3.60. The number of esters is 1. The fourth-order valence-electron chi connectivity index (χ4n) is 2.52. The lowest BCUT2D eigenvalue weighted by Crippen LogP contribution is -2.19. The Morgan fingerprint density at radius 1 is 1.35 bits per heavy atom. The van der Waals surface area contributed by atoms with E-state index in [-0.39, 0.29) is 42.5 Å². The molecule has 2 N–H and O–H groups in total. The Labute approximate surface area is 125 Å². The first kappa shape index (κ1) is 16.7. The predicted molar refractivity (Wildman–Crippen MR) is 79.2 cm³/mol. The molecule has 0 saturated carbocycles. The number of ether oxygens (including phenoxy) is 1. The van der Waals surface area contributed by atoms with Gasteiger partial charge in [0, 0.05) is 17.5 Å². The molecular weight excluding hydrogens is 278 g/mol. The van der Waals surface area contributed by atoms with Crippen molar-refractivity contribution in [3.8, 4) is 0 Å². The number of nitrogens with two attached hydrogens (primary N) is 1. The van der Waals surface area contributed by atoms with E-state index in [1.165, 1.54) is 12.7 Å². The number of rotatable bonds is 4. The van der Waals surface area contributed by atoms with Crippen LogP contribution in [0.25, 0.3) is 0 Å². The van der Waals surface area contributed by atoms with E-state index < -0.39 is 0 Å². The molecule has 0 spiro atoms. The first-order valence-corrected chi connectivity index (χ1v) is 6.49. The molecule has 2 unspecified atom stereocenters. The van der Waals surface area contributed by atoms with Gasteiger partial charge in [-0.25, -0.2) is 0 Å². The van der Waals surface area contributed by atoms with Crippen molar-refractivity contribution in [3.05, 3.63) is 34.9 Å². The van der Waals surface area contributed by atoms with E-state index in [1.807, 2.05) is 18.2 Å². The van der Waals surface area contributed by atoms with Crippen LogP contribution in [0.1, 0.15) is 34.8 Å². The number of hydrogen-bond acceptors (Lipinski definition) is 4. The molecule has 1 aliphatic carbocycles. The zero-order valence-corrected chi connectivity index (χ0v) is 12.5. The van der Waals surface area contributed by atoms with Gasteiger partial charge in [-0.2, -0.15) is 0 Å². The van der Waals surface area contributed by atoms with Crippen LogP contribution in [0.3, 0.4) is 0 Å². The third kappa shape index (κ3) is 3.58. The second-order valence-electron chi connectivity index (χ2n) is 5.20. The van der Waals surface area contributed by atoms with Crippen molar-refractivity contribution in [2.45, 2.75) is 32.2 Å². The highest BCUT2D eigenvalue weighted by Gasteiger charge is 2.22. The van der Waals surface area contributed by atoms with E-state index in [2.05, 4.69) is 4.74 Å². The summed E-state index contributed by atoms with van der Waals surface area (Å²) in [5.41, 5.74) is 8.95. The van der Waals surface area contributed by atoms with Gasteiger partial charge < -0.3 is 10.5 Å². The minimum Gasteiger partial charge on any atom is -0.469 e. The number of methoxy groups -OCH3 is 1. The lowest BCUT2D eigenvalue weighted by Gasteiger charge is -2.10. The fourth-order valence-corrected chi connectivity index (χ4v) is 2.52. The van der Waals surface area contributed by atoms with E-state index in [0.29, 0.717) is 5.56 Å². The van der Waals surface area contributed by atoms with Crippen LogP contribution in [-0.2, 0) is 22.4 Å². The smallest absolute Gasteiger partial charge is 0.306 e. The highest BCUT2D eigenvalue weighted by molar-refractivity contribution is 5.99. The van der Waals surface area contributed by atoms with Gasteiger partial charge in [0.25, 0.3) is 0 Å². The molecule has 0 radical (unpaired) electrons. The number of carbonyl (C=O) groups is 2. The molecule has 0 aliphatic heterocycles. The molecule has 0 amide bonds. The summed E-state index contributed by atoms with van der Waals surface area (Å²) in [6.07, 6.45) is 1.81. The molecule has 0 heterocycles. The average Bonchev–Trinajstić information content (AvgIpc) is 2.76. The minimum absolute atomic E-state index is 0. The predicted octanol–water partition coefficient (Wildman–Crippen LogP) is 1.92. The maximum absolute atomic E-state index is 12.2. The number of ketones is 1. The van der Waals surface area contributed by atoms with Gasteiger partial charge in [0.05, 0.1) is 13.5 Å². The van der Waals surface area contributed by atoms with Gasteiger partial charge >= 0.3 is 5.97 Å². The van der Waals surface area contributed by atoms with Gasteiger partial charge in [-0.05, 0) is 30.0 Å². The van der Waals surface area contributed by atoms with Crippen LogP contribution in [0.2, 0.25) is 0 Å². The van der Waals surface area contributed by atoms with Crippen LogP contribution in [0.4, 0.5) is 0 Å². The lowest BCUT2D eigenvalue weighted by molar-refractivity contribution is -0.141. The number of Topliss-reactive ketones (excluding diaryl/α,β-unsaturated/α-hetero) is 1. The Bertz CT molecular complexity index is 516. The van der Waals surface area contributed by atoms with Crippen LogP contribution in [0.5, 0.6) is 0 Å². The van der Waals surface area contributed by atoms with Crippen LogP contribution < -0.4 is 5.73 Å². The summed E-state index contributed by atoms with van der Waals surface area (Å²) in [5.74, 6) is -0.738. The van der Waals surface area contributed by atoms with Crippen molar-refractivity contribution >= 4 is 24.2 Å². The topological polar surface area (TPSA) is 69.4 Å². The summed E-state index contributed by atoms with van der Waals surface area (Å²) in [5, 5.41) is 0. The Morgan fingerprint density at radius 2 is 2.00 bits per heavy atom. The van der Waals surface area contributed by atoms with Gasteiger partial charge in [0.1, 0.15) is 0 Å². The van der Waals surface area contributed by atoms with E-state index in [1.54, 1.807) is 6.92 Å². The van der Waals surface area contributed by atoms with Gasteiger partial charge in [-0.1, -0.05) is 19.1 Å². The molecular formula is C15H20ClNO3. The molecule has 0 fully saturated rings. The largest absolute Gasteiger partial charge is 0.469 e. The van der Waals surface area contributed by atoms with Gasteiger partial charge in [-0.15, -0.1) is 12.4 Å². The van der Waals surface area contributed by atoms with Gasteiger partial charge in [0.2, 0.25) is 0 Å². The molecule has 2 rings (SSSR count). The second-order valence-corrected chi connectivity index (χ2v) is 5.20. The summed E-state index contributed by atoms with van der Waals surface area (Å²) in [7, 11) is 1.33. The molecule has 1 aliphatic rings. The number of benzene rings is 1. The van der Waals surface area contributed by atoms with Crippen LogP contribution in [0, 0.1) is 5.92 Å². The normalized spacial score (nSPS) is 17.9. The van der Waals surface area contributed by atoms with E-state index in [9.17, 15) is 9.59 Å². The fraction of sp³-hybridized carbons (Fsp3) is 0.467. The van der Waals surface area contributed by atoms with Crippen molar-refractivity contribution in [1.82, 2.24) is 0 Å². The minimum atomic E-state index is -0.361. The van der Waals surface area contributed by atoms with E-state index in [0.717, 1.165) is 18.4 Å². The molecule has 0 aromatic heterocycles. The molecule has 4 nitrogen and oxygen atoms in total. The molecule has 1 aromatic rings. The van der Waals surface area contributed by atoms with Crippen molar-refractivity contribution in [2.24, 2.45) is 11.7 Å². The second kappa shape index (κ2) is 6.86. The quantitative estimate of drug-likeness (QED) is 0.681. The average molecular weight is 298 g/mol. The number of hydrogen-bond donors (Lipinski definition) is 1. The number of halogens is 1. The molecule has 20 heavy (non-hydrogen) atoms. The highest BCUT2D eigenvalue weighted by Crippen LogP contribution is 2.24. The van der Waals surface area contributed by atoms with Gasteiger partial charge in [0.15, 0.2) is 5.78 Å². The van der Waals surface area contributed by atoms with Gasteiger partial charge in [-0.3, -0.25) is 9.59 Å². The first-order valence-electron chi connectivity index (χ1n) is 6.49.